The van der Waals surface area contributed by atoms with Crippen molar-refractivity contribution >= 4 is 11.6 Å². The average Bonchev–Trinajstić information content (AvgIpc) is 2.47. The molecule has 0 saturated heterocycles. The van der Waals surface area contributed by atoms with Crippen LogP contribution in [0.25, 0.3) is 0 Å². The predicted octanol–water partition coefficient (Wildman–Crippen LogP) is 2.15. The van der Waals surface area contributed by atoms with E-state index in [1.807, 2.05) is 32.2 Å². The SMILES string of the molecule is CN(CCNC(=O)C1CCCCC1(C)N)c1ccccc1. The molecule has 21 heavy (non-hydrogen) atoms. The number of amides is 1. The Morgan fingerprint density at radius 3 is 2.76 bits per heavy atom. The highest BCUT2D eigenvalue weighted by molar-refractivity contribution is 5.80. The van der Waals surface area contributed by atoms with Gasteiger partial charge in [0.25, 0.3) is 0 Å². The standard InChI is InChI=1S/C17H27N3O/c1-17(18)11-7-6-10-15(17)16(21)19-12-13-20(2)14-8-4-3-5-9-14/h3-5,8-9,15H,6-7,10-13,18H2,1-2H3,(H,19,21). The normalized spacial score (nSPS) is 25.4. The smallest absolute Gasteiger partial charge is 0.225 e. The maximum absolute atomic E-state index is 12.3. The van der Waals surface area contributed by atoms with E-state index in [4.69, 9.17) is 5.73 Å². The Morgan fingerprint density at radius 2 is 2.10 bits per heavy atom. The molecule has 0 aromatic heterocycles. The van der Waals surface area contributed by atoms with Crippen LogP contribution in [0.1, 0.15) is 32.6 Å². The highest BCUT2D eigenvalue weighted by Crippen LogP contribution is 2.31. The van der Waals surface area contributed by atoms with Crippen molar-refractivity contribution in [3.8, 4) is 0 Å². The second kappa shape index (κ2) is 6.94. The van der Waals surface area contributed by atoms with Gasteiger partial charge in [0.1, 0.15) is 0 Å². The van der Waals surface area contributed by atoms with Gasteiger partial charge in [-0.3, -0.25) is 4.79 Å². The first-order valence-corrected chi connectivity index (χ1v) is 7.83. The number of nitrogens with one attached hydrogen (secondary N) is 1. The molecule has 1 saturated carbocycles. The second-order valence-corrected chi connectivity index (χ2v) is 6.35. The number of hydrogen-bond acceptors (Lipinski definition) is 3. The van der Waals surface area contributed by atoms with Gasteiger partial charge in [-0.15, -0.1) is 0 Å². The first-order chi connectivity index (χ1) is 10.0. The summed E-state index contributed by atoms with van der Waals surface area (Å²) < 4.78 is 0. The molecule has 0 aliphatic heterocycles. The molecule has 2 rings (SSSR count). The molecule has 2 atom stereocenters. The number of carbonyl (C=O) groups excluding carboxylic acids is 1. The fourth-order valence-electron chi connectivity index (χ4n) is 3.07. The Labute approximate surface area is 127 Å². The molecule has 0 heterocycles. The van der Waals surface area contributed by atoms with E-state index in [1.165, 1.54) is 0 Å². The van der Waals surface area contributed by atoms with E-state index < -0.39 is 0 Å². The van der Waals surface area contributed by atoms with Gasteiger partial charge in [0.15, 0.2) is 0 Å². The van der Waals surface area contributed by atoms with Crippen LogP contribution in [0.3, 0.4) is 0 Å². The first kappa shape index (κ1) is 15.8. The van der Waals surface area contributed by atoms with Gasteiger partial charge in [0, 0.05) is 31.4 Å². The highest BCUT2D eigenvalue weighted by atomic mass is 16.1. The van der Waals surface area contributed by atoms with E-state index in [9.17, 15) is 4.79 Å². The number of para-hydroxylation sites is 1. The Bertz CT molecular complexity index is 458. The summed E-state index contributed by atoms with van der Waals surface area (Å²) in [6.45, 7) is 3.45. The van der Waals surface area contributed by atoms with E-state index in [0.29, 0.717) is 6.54 Å². The molecule has 2 unspecified atom stereocenters. The molecular weight excluding hydrogens is 262 g/mol. The van der Waals surface area contributed by atoms with E-state index in [0.717, 1.165) is 37.9 Å². The number of anilines is 1. The lowest BCUT2D eigenvalue weighted by atomic mass is 9.74. The fraction of sp³-hybridized carbons (Fsp3) is 0.588. The summed E-state index contributed by atoms with van der Waals surface area (Å²) in [7, 11) is 2.04. The van der Waals surface area contributed by atoms with Crippen LogP contribution in [0.4, 0.5) is 5.69 Å². The van der Waals surface area contributed by atoms with Crippen molar-refractivity contribution in [2.24, 2.45) is 11.7 Å². The van der Waals surface area contributed by atoms with Gasteiger partial charge in [-0.1, -0.05) is 31.0 Å². The number of likely N-dealkylation sites (N-methyl/N-ethyl adjacent to an activating group) is 1. The third kappa shape index (κ3) is 4.21. The maximum atomic E-state index is 12.3. The molecule has 4 heteroatoms. The fourth-order valence-corrected chi connectivity index (χ4v) is 3.07. The monoisotopic (exact) mass is 289 g/mol. The Morgan fingerprint density at radius 1 is 1.38 bits per heavy atom. The number of nitrogens with two attached hydrogens (primary N) is 1. The summed E-state index contributed by atoms with van der Waals surface area (Å²) in [5.41, 5.74) is 7.08. The summed E-state index contributed by atoms with van der Waals surface area (Å²) in [6, 6.07) is 10.2. The molecular formula is C17H27N3O. The number of benzene rings is 1. The van der Waals surface area contributed by atoms with Crippen LogP contribution in [0.5, 0.6) is 0 Å². The molecule has 1 aromatic rings. The summed E-state index contributed by atoms with van der Waals surface area (Å²) in [5, 5.41) is 3.05. The molecule has 0 radical (unpaired) electrons. The quantitative estimate of drug-likeness (QED) is 0.873. The maximum Gasteiger partial charge on any atom is 0.225 e. The lowest BCUT2D eigenvalue weighted by Gasteiger charge is -2.37. The van der Waals surface area contributed by atoms with Gasteiger partial charge < -0.3 is 16.0 Å². The van der Waals surface area contributed by atoms with Gasteiger partial charge in [-0.05, 0) is 31.9 Å². The zero-order valence-electron chi connectivity index (χ0n) is 13.1. The Balaban J connectivity index is 1.79. The summed E-state index contributed by atoms with van der Waals surface area (Å²) in [6.07, 6.45) is 4.09. The highest BCUT2D eigenvalue weighted by Gasteiger charge is 2.37. The Kier molecular flexibility index (Phi) is 5.23. The van der Waals surface area contributed by atoms with Crippen LogP contribution in [-0.2, 0) is 4.79 Å². The van der Waals surface area contributed by atoms with Crippen LogP contribution in [0.15, 0.2) is 30.3 Å². The summed E-state index contributed by atoms with van der Waals surface area (Å²) in [5.74, 6) is 0.0643. The van der Waals surface area contributed by atoms with E-state index in [-0.39, 0.29) is 17.4 Å². The molecule has 1 aromatic carbocycles. The van der Waals surface area contributed by atoms with Crippen LogP contribution >= 0.6 is 0 Å². The molecule has 4 nitrogen and oxygen atoms in total. The van der Waals surface area contributed by atoms with Crippen LogP contribution in [0.2, 0.25) is 0 Å². The Hall–Kier alpha value is -1.55. The van der Waals surface area contributed by atoms with E-state index in [2.05, 4.69) is 22.3 Å². The van der Waals surface area contributed by atoms with E-state index in [1.54, 1.807) is 0 Å². The van der Waals surface area contributed by atoms with Gasteiger partial charge in [0.05, 0.1) is 5.92 Å². The van der Waals surface area contributed by atoms with Crippen LogP contribution < -0.4 is 16.0 Å². The number of nitrogens with zero attached hydrogens (tertiary/aromatic N) is 1. The molecule has 0 spiro atoms. The topological polar surface area (TPSA) is 58.4 Å². The molecule has 1 fully saturated rings. The number of rotatable bonds is 5. The van der Waals surface area contributed by atoms with Crippen molar-refractivity contribution in [1.29, 1.82) is 0 Å². The van der Waals surface area contributed by atoms with Crippen molar-refractivity contribution in [3.05, 3.63) is 30.3 Å². The molecule has 3 N–H and O–H groups in total. The minimum Gasteiger partial charge on any atom is -0.373 e. The first-order valence-electron chi connectivity index (χ1n) is 7.83. The molecule has 116 valence electrons. The minimum atomic E-state index is -0.354. The molecule has 1 amide bonds. The zero-order chi connectivity index (χ0) is 15.3. The average molecular weight is 289 g/mol. The largest absolute Gasteiger partial charge is 0.373 e. The van der Waals surface area contributed by atoms with Gasteiger partial charge in [-0.25, -0.2) is 0 Å². The summed E-state index contributed by atoms with van der Waals surface area (Å²) >= 11 is 0. The van der Waals surface area contributed by atoms with Crippen LogP contribution in [-0.4, -0.2) is 31.6 Å². The number of carbonyl (C=O) groups is 1. The lowest BCUT2D eigenvalue weighted by molar-refractivity contribution is -0.128. The van der Waals surface area contributed by atoms with Gasteiger partial charge in [0.2, 0.25) is 5.91 Å². The van der Waals surface area contributed by atoms with Crippen molar-refractivity contribution in [2.75, 3.05) is 25.0 Å². The van der Waals surface area contributed by atoms with Crippen molar-refractivity contribution < 1.29 is 4.79 Å². The van der Waals surface area contributed by atoms with Gasteiger partial charge in [-0.2, -0.15) is 0 Å². The second-order valence-electron chi connectivity index (χ2n) is 6.35. The van der Waals surface area contributed by atoms with Crippen molar-refractivity contribution in [2.45, 2.75) is 38.1 Å². The number of hydrogen-bond donors (Lipinski definition) is 2. The lowest BCUT2D eigenvalue weighted by Crippen LogP contribution is -2.53. The van der Waals surface area contributed by atoms with E-state index >= 15 is 0 Å². The summed E-state index contributed by atoms with van der Waals surface area (Å²) in [4.78, 5) is 14.5. The molecule has 1 aliphatic rings. The third-order valence-electron chi connectivity index (χ3n) is 4.51. The zero-order valence-corrected chi connectivity index (χ0v) is 13.1. The van der Waals surface area contributed by atoms with Crippen molar-refractivity contribution in [3.63, 3.8) is 0 Å². The third-order valence-corrected chi connectivity index (χ3v) is 4.51. The molecule has 0 bridgehead atoms. The minimum absolute atomic E-state index is 0.0479. The van der Waals surface area contributed by atoms with Crippen LogP contribution in [0, 0.1) is 5.92 Å². The van der Waals surface area contributed by atoms with Crippen molar-refractivity contribution in [1.82, 2.24) is 5.32 Å². The van der Waals surface area contributed by atoms with Gasteiger partial charge >= 0.3 is 0 Å². The molecule has 1 aliphatic carbocycles. The predicted molar refractivity (Wildman–Crippen MR) is 87.3 cm³/mol.